The van der Waals surface area contributed by atoms with Gasteiger partial charge in [0.2, 0.25) is 10.0 Å². The van der Waals surface area contributed by atoms with Crippen LogP contribution in [0.2, 0.25) is 0 Å². The van der Waals surface area contributed by atoms with Crippen LogP contribution in [0.4, 0.5) is 23.2 Å². The first-order valence-electron chi connectivity index (χ1n) is 10.9. The number of aryl methyl sites for hydroxylation is 1. The molecule has 2 fully saturated rings. The quantitative estimate of drug-likeness (QED) is 0.601. The number of rotatable bonds is 5. The molecule has 4 rings (SSSR count). The van der Waals surface area contributed by atoms with Crippen LogP contribution in [0.3, 0.4) is 0 Å². The third-order valence-electron chi connectivity index (χ3n) is 6.19. The molecule has 0 aliphatic carbocycles. The van der Waals surface area contributed by atoms with Gasteiger partial charge in [-0.25, -0.2) is 17.2 Å². The largest absolute Gasteiger partial charge is 0.377 e. The summed E-state index contributed by atoms with van der Waals surface area (Å²) in [6, 6.07) is 4.01. The highest BCUT2D eigenvalue weighted by Gasteiger charge is 2.53. The Morgan fingerprint density at radius 1 is 1.03 bits per heavy atom. The van der Waals surface area contributed by atoms with Crippen LogP contribution in [0, 0.1) is 18.6 Å². The van der Waals surface area contributed by atoms with Crippen LogP contribution in [0.1, 0.15) is 21.5 Å². The van der Waals surface area contributed by atoms with Crippen LogP contribution < -0.4 is 5.32 Å². The zero-order valence-corrected chi connectivity index (χ0v) is 20.1. The van der Waals surface area contributed by atoms with Gasteiger partial charge < -0.3 is 15.0 Å². The summed E-state index contributed by atoms with van der Waals surface area (Å²) >= 11 is 0. The number of hydrogen-bond donors (Lipinski definition) is 1. The number of nitrogens with zero attached hydrogens (tertiary/aromatic N) is 2. The molecule has 2 aliphatic rings. The molecule has 0 aromatic heterocycles. The van der Waals surface area contributed by atoms with Crippen molar-refractivity contribution in [2.24, 2.45) is 0 Å². The Morgan fingerprint density at radius 2 is 1.64 bits per heavy atom. The van der Waals surface area contributed by atoms with Crippen molar-refractivity contribution in [1.29, 1.82) is 0 Å². The fraction of sp³-hybridized carbons (Fsp3) is 0.391. The maximum absolute atomic E-state index is 15.4. The Balaban J connectivity index is 1.60. The Kier molecular flexibility index (Phi) is 6.84. The van der Waals surface area contributed by atoms with Gasteiger partial charge in [0.05, 0.1) is 37.1 Å². The van der Waals surface area contributed by atoms with Gasteiger partial charge in [-0.15, -0.1) is 0 Å². The van der Waals surface area contributed by atoms with Crippen LogP contribution in [-0.4, -0.2) is 74.1 Å². The predicted molar refractivity (Wildman–Crippen MR) is 121 cm³/mol. The van der Waals surface area contributed by atoms with Crippen molar-refractivity contribution in [3.63, 3.8) is 0 Å². The summed E-state index contributed by atoms with van der Waals surface area (Å²) in [4.78, 5) is 26.5. The minimum absolute atomic E-state index is 0.160. The van der Waals surface area contributed by atoms with Crippen LogP contribution >= 0.6 is 0 Å². The Morgan fingerprint density at radius 3 is 2.22 bits per heavy atom. The molecule has 0 saturated carbocycles. The number of sulfonamides is 1. The zero-order chi connectivity index (χ0) is 26.4. The van der Waals surface area contributed by atoms with Gasteiger partial charge in [-0.05, 0) is 48.9 Å². The number of nitrogens with one attached hydrogen (secondary N) is 1. The van der Waals surface area contributed by atoms with E-state index in [4.69, 9.17) is 4.74 Å². The lowest BCUT2D eigenvalue weighted by molar-refractivity contribution is -0.178. The molecule has 13 heteroatoms. The molecule has 2 atom stereocenters. The van der Waals surface area contributed by atoms with E-state index in [-0.39, 0.29) is 43.1 Å². The molecule has 2 aliphatic heterocycles. The summed E-state index contributed by atoms with van der Waals surface area (Å²) in [6.07, 6.45) is 0.981. The maximum Gasteiger partial charge on any atom is 0.352 e. The first kappa shape index (κ1) is 26.0. The number of alkyl halides is 2. The van der Waals surface area contributed by atoms with Gasteiger partial charge in [0, 0.05) is 24.3 Å². The lowest BCUT2D eigenvalue weighted by atomic mass is 9.99. The minimum Gasteiger partial charge on any atom is -0.377 e. The summed E-state index contributed by atoms with van der Waals surface area (Å²) in [5.74, 6) is -8.81. The smallest absolute Gasteiger partial charge is 0.352 e. The molecule has 0 radical (unpaired) electrons. The molecule has 0 unspecified atom stereocenters. The molecular formula is C23H23F4N3O5S. The minimum atomic E-state index is -4.35. The molecule has 0 spiro atoms. The number of carbonyl (C=O) groups excluding carboxylic acids is 2. The number of hydrogen-bond acceptors (Lipinski definition) is 5. The van der Waals surface area contributed by atoms with Crippen LogP contribution in [0.15, 0.2) is 36.4 Å². The van der Waals surface area contributed by atoms with Crippen molar-refractivity contribution in [2.75, 3.05) is 37.9 Å². The van der Waals surface area contributed by atoms with Gasteiger partial charge in [-0.1, -0.05) is 0 Å². The first-order chi connectivity index (χ1) is 16.8. The summed E-state index contributed by atoms with van der Waals surface area (Å²) in [5.41, 5.74) is -1.19. The molecule has 2 aromatic rings. The molecule has 194 valence electrons. The van der Waals surface area contributed by atoms with E-state index < -0.39 is 57.0 Å². The zero-order valence-electron chi connectivity index (χ0n) is 19.3. The predicted octanol–water partition coefficient (Wildman–Crippen LogP) is 2.49. The molecule has 2 bridgehead atoms. The average Bonchev–Trinajstić information content (AvgIpc) is 2.79. The van der Waals surface area contributed by atoms with E-state index in [0.717, 1.165) is 27.6 Å². The lowest BCUT2D eigenvalue weighted by Gasteiger charge is -2.49. The van der Waals surface area contributed by atoms with E-state index in [2.05, 4.69) is 5.32 Å². The number of anilines is 1. The van der Waals surface area contributed by atoms with E-state index in [0.29, 0.717) is 12.1 Å². The molecule has 2 heterocycles. The number of morpholine rings is 1. The van der Waals surface area contributed by atoms with Crippen LogP contribution in [0.5, 0.6) is 0 Å². The lowest BCUT2D eigenvalue weighted by Crippen LogP contribution is -2.68. The number of ether oxygens (including phenoxy) is 1. The van der Waals surface area contributed by atoms with Gasteiger partial charge in [-0.2, -0.15) is 13.1 Å². The van der Waals surface area contributed by atoms with Crippen molar-refractivity contribution >= 4 is 27.5 Å². The van der Waals surface area contributed by atoms with Crippen molar-refractivity contribution in [2.45, 2.75) is 24.9 Å². The van der Waals surface area contributed by atoms with E-state index in [1.54, 1.807) is 0 Å². The van der Waals surface area contributed by atoms with Crippen molar-refractivity contribution in [3.05, 3.63) is 64.7 Å². The highest BCUT2D eigenvalue weighted by atomic mass is 32.2. The SMILES string of the molecule is Cc1cc(NC(=O)c2ccc(F)c(C(F)(F)C(=O)N3[C@@H]4COC[C@H]3CN(S(C)(=O)=O)C4)c2)ccc1F. The highest BCUT2D eigenvalue weighted by Crippen LogP contribution is 2.36. The second-order valence-electron chi connectivity index (χ2n) is 8.82. The van der Waals surface area contributed by atoms with Crippen molar-refractivity contribution in [3.8, 4) is 0 Å². The topological polar surface area (TPSA) is 96.0 Å². The van der Waals surface area contributed by atoms with Gasteiger partial charge in [0.25, 0.3) is 11.8 Å². The molecule has 2 saturated heterocycles. The Labute approximate surface area is 204 Å². The molecule has 1 N–H and O–H groups in total. The third kappa shape index (κ3) is 4.95. The summed E-state index contributed by atoms with van der Waals surface area (Å²) in [7, 11) is -3.63. The molecular weight excluding hydrogens is 506 g/mol. The van der Waals surface area contributed by atoms with Gasteiger partial charge in [0.1, 0.15) is 11.6 Å². The molecule has 2 amide bonds. The van der Waals surface area contributed by atoms with Crippen molar-refractivity contribution < 1.29 is 40.3 Å². The normalized spacial score (nSPS) is 20.8. The second kappa shape index (κ2) is 9.45. The monoisotopic (exact) mass is 529 g/mol. The number of halogens is 4. The van der Waals surface area contributed by atoms with Gasteiger partial charge in [-0.3, -0.25) is 9.59 Å². The molecule has 8 nitrogen and oxygen atoms in total. The number of benzene rings is 2. The summed E-state index contributed by atoms with van der Waals surface area (Å²) in [6.45, 7) is 0.681. The van der Waals surface area contributed by atoms with E-state index in [1.165, 1.54) is 19.1 Å². The number of carbonyl (C=O) groups is 2. The van der Waals surface area contributed by atoms with Gasteiger partial charge >= 0.3 is 5.92 Å². The standard InChI is InChI=1S/C23H23F4N3O5S/c1-13-7-15(4-6-19(13)24)28-21(31)14-3-5-20(25)18(8-14)23(26,27)22(32)30-16-9-29(36(2,33)34)10-17(30)12-35-11-16/h3-8,16-17H,9-12H2,1-2H3,(H,28,31)/t16-,17+. The summed E-state index contributed by atoms with van der Waals surface area (Å²) in [5, 5.41) is 2.42. The fourth-order valence-electron chi connectivity index (χ4n) is 4.34. The van der Waals surface area contributed by atoms with E-state index in [9.17, 15) is 26.8 Å². The number of fused-ring (bicyclic) bond motifs is 2. The fourth-order valence-corrected chi connectivity index (χ4v) is 5.22. The summed E-state index contributed by atoms with van der Waals surface area (Å²) < 4.78 is 89.2. The van der Waals surface area contributed by atoms with E-state index >= 15 is 8.78 Å². The first-order valence-corrected chi connectivity index (χ1v) is 12.7. The second-order valence-corrected chi connectivity index (χ2v) is 10.8. The van der Waals surface area contributed by atoms with Gasteiger partial charge in [0.15, 0.2) is 0 Å². The Bertz CT molecular complexity index is 1310. The maximum atomic E-state index is 15.4. The van der Waals surface area contributed by atoms with Crippen LogP contribution in [-0.2, 0) is 25.5 Å². The third-order valence-corrected chi connectivity index (χ3v) is 7.43. The number of piperazine rings is 1. The average molecular weight is 530 g/mol. The van der Waals surface area contributed by atoms with E-state index in [1.807, 2.05) is 0 Å². The van der Waals surface area contributed by atoms with Crippen molar-refractivity contribution in [1.82, 2.24) is 9.21 Å². The Hall–Kier alpha value is -3.03. The molecule has 2 aromatic carbocycles. The molecule has 36 heavy (non-hydrogen) atoms. The van der Waals surface area contributed by atoms with Crippen LogP contribution in [0.25, 0.3) is 0 Å². The number of amides is 2. The highest BCUT2D eigenvalue weighted by molar-refractivity contribution is 7.88.